The van der Waals surface area contributed by atoms with Crippen LogP contribution in [0.3, 0.4) is 0 Å². The quantitative estimate of drug-likeness (QED) is 0.677. The van der Waals surface area contributed by atoms with Gasteiger partial charge in [-0.25, -0.2) is 4.79 Å². The van der Waals surface area contributed by atoms with Gasteiger partial charge in [0.2, 0.25) is 0 Å². The molecule has 1 atom stereocenters. The van der Waals surface area contributed by atoms with Crippen molar-refractivity contribution in [2.75, 3.05) is 13.2 Å². The number of carbonyl (C=O) groups excluding carboxylic acids is 1. The molecule has 1 fully saturated rings. The zero-order valence-corrected chi connectivity index (χ0v) is 11.4. The minimum Gasteiger partial charge on any atom is -0.447 e. The minimum atomic E-state index is -0.429. The van der Waals surface area contributed by atoms with E-state index in [9.17, 15) is 4.79 Å². The number of benzene rings is 1. The Bertz CT molecular complexity index is 674. The largest absolute Gasteiger partial charge is 0.447 e. The molecule has 1 saturated heterocycles. The maximum absolute atomic E-state index is 11.3. The molecule has 0 saturated carbocycles. The molecule has 4 heteroatoms. The third kappa shape index (κ3) is 2.87. The summed E-state index contributed by atoms with van der Waals surface area (Å²) in [4.78, 5) is 17.0. The zero-order chi connectivity index (χ0) is 14.7. The molecule has 2 aliphatic carbocycles. The van der Waals surface area contributed by atoms with Gasteiger partial charge in [-0.1, -0.05) is 30.2 Å². The molecule has 0 aromatic carbocycles. The molecule has 4 nitrogen and oxygen atoms in total. The summed E-state index contributed by atoms with van der Waals surface area (Å²) in [5, 5.41) is 0. The molecule has 1 aliphatic heterocycles. The highest BCUT2D eigenvalue weighted by Gasteiger charge is 2.30. The molecule has 0 radical (unpaired) electrons. The Morgan fingerprint density at radius 2 is 2.05 bits per heavy atom. The normalized spacial score (nSPS) is 15.4. The number of amides is 1. The number of rotatable bonds is 2. The molecule has 2 heterocycles. The van der Waals surface area contributed by atoms with Gasteiger partial charge in [-0.3, -0.25) is 9.88 Å². The van der Waals surface area contributed by atoms with E-state index in [1.807, 2.05) is 6.07 Å². The van der Waals surface area contributed by atoms with Gasteiger partial charge in [0.15, 0.2) is 0 Å². The van der Waals surface area contributed by atoms with Crippen molar-refractivity contribution in [1.29, 1.82) is 0 Å². The van der Waals surface area contributed by atoms with Crippen molar-refractivity contribution in [2.24, 2.45) is 0 Å². The van der Waals surface area contributed by atoms with Crippen LogP contribution in [0.15, 0.2) is 48.7 Å². The minimum absolute atomic E-state index is 0.372. The second kappa shape index (κ2) is 5.68. The first-order valence-corrected chi connectivity index (χ1v) is 6.70. The summed E-state index contributed by atoms with van der Waals surface area (Å²) in [5.74, 6) is 2.55. The van der Waals surface area contributed by atoms with Crippen LogP contribution < -0.4 is 0 Å². The molecule has 0 bridgehead atoms. The molecule has 1 amide bonds. The third-order valence-electron chi connectivity index (χ3n) is 3.34. The van der Waals surface area contributed by atoms with Crippen LogP contribution in [0.25, 0.3) is 11.1 Å². The Balaban J connectivity index is 0.000000180. The van der Waals surface area contributed by atoms with Crippen molar-refractivity contribution in [1.82, 2.24) is 9.88 Å². The van der Waals surface area contributed by atoms with E-state index in [0.29, 0.717) is 18.8 Å². The van der Waals surface area contributed by atoms with Gasteiger partial charge in [-0.05, 0) is 29.3 Å². The molecule has 3 aliphatic rings. The second-order valence-corrected chi connectivity index (χ2v) is 4.71. The van der Waals surface area contributed by atoms with Crippen molar-refractivity contribution >= 4 is 6.09 Å². The highest BCUT2D eigenvalue weighted by Crippen LogP contribution is 2.32. The maximum atomic E-state index is 11.3. The molecule has 0 N–H and O–H groups in total. The number of hydrogen-bond donors (Lipinski definition) is 0. The summed E-state index contributed by atoms with van der Waals surface area (Å²) in [5.41, 5.74) is 3.55. The molecule has 21 heavy (non-hydrogen) atoms. The molecule has 4 rings (SSSR count). The molecule has 1 aromatic rings. The Hall–Kier alpha value is -2.80. The predicted molar refractivity (Wildman–Crippen MR) is 79.3 cm³/mol. The van der Waals surface area contributed by atoms with Gasteiger partial charge in [0, 0.05) is 6.20 Å². The number of pyridine rings is 1. The van der Waals surface area contributed by atoms with Crippen LogP contribution in [0.1, 0.15) is 11.7 Å². The molecule has 1 aromatic heterocycles. The van der Waals surface area contributed by atoms with E-state index in [0.717, 1.165) is 0 Å². The molecular formula is C17H14N2O2. The SMILES string of the molecule is C#CC(c1ccccn1)N1CCOC1=O.c1cc2cc-2c1. The van der Waals surface area contributed by atoms with Crippen LogP contribution in [0.2, 0.25) is 0 Å². The van der Waals surface area contributed by atoms with E-state index < -0.39 is 6.04 Å². The van der Waals surface area contributed by atoms with Crippen molar-refractivity contribution in [3.63, 3.8) is 0 Å². The number of fused-ring (bicyclic) bond motifs is 1. The molecule has 1 unspecified atom stereocenters. The van der Waals surface area contributed by atoms with Crippen molar-refractivity contribution in [3.05, 3.63) is 54.4 Å². The molecule has 0 spiro atoms. The van der Waals surface area contributed by atoms with Crippen molar-refractivity contribution < 1.29 is 9.53 Å². The second-order valence-electron chi connectivity index (χ2n) is 4.71. The molecule has 104 valence electrons. The van der Waals surface area contributed by atoms with E-state index in [1.54, 1.807) is 18.3 Å². The number of hydrogen-bond acceptors (Lipinski definition) is 3. The van der Waals surface area contributed by atoms with Gasteiger partial charge in [0.05, 0.1) is 12.2 Å². The Labute approximate surface area is 123 Å². The van der Waals surface area contributed by atoms with E-state index in [2.05, 4.69) is 35.2 Å². The lowest BCUT2D eigenvalue weighted by atomic mass is 10.2. The van der Waals surface area contributed by atoms with Gasteiger partial charge in [0.1, 0.15) is 12.6 Å². The highest BCUT2D eigenvalue weighted by molar-refractivity contribution is 5.80. The zero-order valence-electron chi connectivity index (χ0n) is 11.4. The first kappa shape index (κ1) is 13.2. The Morgan fingerprint density at radius 3 is 2.48 bits per heavy atom. The van der Waals surface area contributed by atoms with Gasteiger partial charge in [-0.2, -0.15) is 0 Å². The summed E-state index contributed by atoms with van der Waals surface area (Å²) in [6.45, 7) is 0.911. The van der Waals surface area contributed by atoms with Crippen molar-refractivity contribution in [3.8, 4) is 23.5 Å². The first-order valence-electron chi connectivity index (χ1n) is 6.70. The van der Waals surface area contributed by atoms with E-state index in [4.69, 9.17) is 11.2 Å². The van der Waals surface area contributed by atoms with E-state index in [-0.39, 0.29) is 6.09 Å². The fraction of sp³-hybridized carbons (Fsp3) is 0.176. The van der Waals surface area contributed by atoms with E-state index in [1.165, 1.54) is 16.0 Å². The van der Waals surface area contributed by atoms with Crippen LogP contribution in [0, 0.1) is 12.3 Å². The molecular weight excluding hydrogens is 264 g/mol. The van der Waals surface area contributed by atoms with Crippen LogP contribution in [-0.2, 0) is 4.74 Å². The Kier molecular flexibility index (Phi) is 3.57. The first-order chi connectivity index (χ1) is 10.3. The highest BCUT2D eigenvalue weighted by atomic mass is 16.6. The van der Waals surface area contributed by atoms with Crippen LogP contribution in [0.4, 0.5) is 4.79 Å². The predicted octanol–water partition coefficient (Wildman–Crippen LogP) is 2.88. The summed E-state index contributed by atoms with van der Waals surface area (Å²) in [6, 6.07) is 13.5. The third-order valence-corrected chi connectivity index (χ3v) is 3.34. The average Bonchev–Trinajstić information content (AvgIpc) is 2.91. The summed E-state index contributed by atoms with van der Waals surface area (Å²) in [7, 11) is 0. The number of aromatic nitrogens is 1. The average molecular weight is 278 g/mol. The number of carbonyl (C=O) groups is 1. The van der Waals surface area contributed by atoms with Crippen LogP contribution in [-0.4, -0.2) is 29.1 Å². The number of ether oxygens (including phenoxy) is 1. The van der Waals surface area contributed by atoms with Crippen molar-refractivity contribution in [2.45, 2.75) is 6.04 Å². The lowest BCUT2D eigenvalue weighted by molar-refractivity contribution is 0.153. The lowest BCUT2D eigenvalue weighted by Crippen LogP contribution is -2.29. The smallest absolute Gasteiger partial charge is 0.411 e. The van der Waals surface area contributed by atoms with Gasteiger partial charge >= 0.3 is 6.09 Å². The monoisotopic (exact) mass is 278 g/mol. The maximum Gasteiger partial charge on any atom is 0.411 e. The van der Waals surface area contributed by atoms with Crippen LogP contribution in [0.5, 0.6) is 0 Å². The van der Waals surface area contributed by atoms with E-state index >= 15 is 0 Å². The number of nitrogens with zero attached hydrogens (tertiary/aromatic N) is 2. The summed E-state index contributed by atoms with van der Waals surface area (Å²) in [6.07, 6.45) is 6.69. The summed E-state index contributed by atoms with van der Waals surface area (Å²) >= 11 is 0. The topological polar surface area (TPSA) is 42.4 Å². The fourth-order valence-electron chi connectivity index (χ4n) is 2.19. The number of cyclic esters (lactones) is 1. The fourth-order valence-corrected chi connectivity index (χ4v) is 2.19. The summed E-state index contributed by atoms with van der Waals surface area (Å²) < 4.78 is 4.83. The standard InChI is InChI=1S/C11H10N2O2.C6H4/c1-2-10(9-5-3-4-6-12-9)13-7-8-15-11(13)14;1-2-5-4-6(5)3-1/h1,3-6,10H,7-8H2;1-4H. The lowest BCUT2D eigenvalue weighted by Gasteiger charge is -2.19. The van der Waals surface area contributed by atoms with Gasteiger partial charge < -0.3 is 4.74 Å². The number of terminal acetylenes is 1. The van der Waals surface area contributed by atoms with Gasteiger partial charge in [-0.15, -0.1) is 6.42 Å². The van der Waals surface area contributed by atoms with Gasteiger partial charge in [0.25, 0.3) is 0 Å². The Morgan fingerprint density at radius 1 is 1.24 bits per heavy atom. The van der Waals surface area contributed by atoms with Crippen LogP contribution >= 0.6 is 0 Å².